The first-order chi connectivity index (χ1) is 12.1. The number of fused-ring (bicyclic) bond motifs is 3. The van der Waals surface area contributed by atoms with Gasteiger partial charge in [0.2, 0.25) is 5.91 Å². The number of nitrogens with one attached hydrogen (secondary N) is 2. The van der Waals surface area contributed by atoms with Gasteiger partial charge in [-0.1, -0.05) is 18.6 Å². The highest BCUT2D eigenvalue weighted by molar-refractivity contribution is 7.71. The summed E-state index contributed by atoms with van der Waals surface area (Å²) < 4.78 is 1.85. The fraction of sp³-hybridized carbons (Fsp3) is 0.526. The van der Waals surface area contributed by atoms with Crippen molar-refractivity contribution >= 4 is 29.0 Å². The van der Waals surface area contributed by atoms with Crippen molar-refractivity contribution in [2.45, 2.75) is 38.6 Å². The highest BCUT2D eigenvalue weighted by Gasteiger charge is 2.39. The highest BCUT2D eigenvalue weighted by Crippen LogP contribution is 2.47. The van der Waals surface area contributed by atoms with E-state index in [1.54, 1.807) is 6.07 Å². The van der Waals surface area contributed by atoms with E-state index in [9.17, 15) is 9.59 Å². The van der Waals surface area contributed by atoms with Gasteiger partial charge in [0.05, 0.1) is 10.9 Å². The van der Waals surface area contributed by atoms with Crippen LogP contribution in [0.5, 0.6) is 0 Å². The van der Waals surface area contributed by atoms with E-state index in [1.807, 2.05) is 18.2 Å². The largest absolute Gasteiger partial charge is 0.356 e. The average molecular weight is 357 g/mol. The Hall–Kier alpha value is -1.95. The Kier molecular flexibility index (Phi) is 4.46. The van der Waals surface area contributed by atoms with Gasteiger partial charge in [-0.05, 0) is 61.4 Å². The zero-order valence-corrected chi connectivity index (χ0v) is 15.0. The molecule has 2 fully saturated rings. The van der Waals surface area contributed by atoms with Crippen LogP contribution in [0.1, 0.15) is 32.1 Å². The van der Waals surface area contributed by atoms with Gasteiger partial charge in [0, 0.05) is 19.5 Å². The maximum Gasteiger partial charge on any atom is 0.262 e. The molecule has 5 nitrogen and oxygen atoms in total. The number of aromatic amines is 1. The normalized spacial score (nSPS) is 24.7. The summed E-state index contributed by atoms with van der Waals surface area (Å²) in [6, 6.07) is 7.29. The molecular formula is C19H23N3O2S. The lowest BCUT2D eigenvalue weighted by Gasteiger charge is -2.21. The third-order valence-corrected chi connectivity index (χ3v) is 6.22. The lowest BCUT2D eigenvalue weighted by Crippen LogP contribution is -2.33. The summed E-state index contributed by atoms with van der Waals surface area (Å²) in [6.45, 7) is 1.08. The van der Waals surface area contributed by atoms with Crippen molar-refractivity contribution in [1.29, 1.82) is 0 Å². The monoisotopic (exact) mass is 357 g/mol. The topological polar surface area (TPSA) is 66.9 Å². The molecule has 25 heavy (non-hydrogen) atoms. The Bertz CT molecular complexity index is 917. The number of H-pyrrole nitrogens is 1. The zero-order chi connectivity index (χ0) is 17.4. The van der Waals surface area contributed by atoms with Gasteiger partial charge in [0.1, 0.15) is 0 Å². The van der Waals surface area contributed by atoms with Gasteiger partial charge >= 0.3 is 0 Å². The first kappa shape index (κ1) is 16.5. The number of nitrogens with zero attached hydrogens (tertiary/aromatic N) is 1. The van der Waals surface area contributed by atoms with Crippen LogP contribution in [0, 0.1) is 22.5 Å². The molecule has 2 aliphatic rings. The van der Waals surface area contributed by atoms with Crippen LogP contribution in [0.15, 0.2) is 29.1 Å². The minimum absolute atomic E-state index is 0.00256. The number of hydrogen-bond donors (Lipinski definition) is 2. The van der Waals surface area contributed by atoms with Gasteiger partial charge in [-0.2, -0.15) is 0 Å². The Labute approximate surface area is 151 Å². The van der Waals surface area contributed by atoms with Gasteiger partial charge in [0.15, 0.2) is 4.77 Å². The Morgan fingerprint density at radius 2 is 2.12 bits per heavy atom. The molecule has 0 spiro atoms. The molecule has 1 heterocycles. The molecule has 132 valence electrons. The second-order valence-electron chi connectivity index (χ2n) is 7.42. The van der Waals surface area contributed by atoms with E-state index in [2.05, 4.69) is 10.3 Å². The SMILES string of the molecule is O=C(CCn1c(=S)[nH]c2ccccc2c1=O)NCC1CC2CCC1C2. The van der Waals surface area contributed by atoms with E-state index >= 15 is 0 Å². The fourth-order valence-electron chi connectivity index (χ4n) is 4.58. The van der Waals surface area contributed by atoms with Crippen LogP contribution in [-0.4, -0.2) is 22.0 Å². The molecular weight excluding hydrogens is 334 g/mol. The van der Waals surface area contributed by atoms with Gasteiger partial charge in [-0.25, -0.2) is 0 Å². The van der Waals surface area contributed by atoms with Crippen molar-refractivity contribution in [3.63, 3.8) is 0 Å². The van der Waals surface area contributed by atoms with Gasteiger partial charge in [-0.15, -0.1) is 0 Å². The second kappa shape index (κ2) is 6.75. The van der Waals surface area contributed by atoms with Crippen LogP contribution in [0.2, 0.25) is 0 Å². The molecule has 1 aromatic carbocycles. The molecule has 3 unspecified atom stereocenters. The predicted molar refractivity (Wildman–Crippen MR) is 100.0 cm³/mol. The van der Waals surface area contributed by atoms with Gasteiger partial charge in [-0.3, -0.25) is 14.2 Å². The van der Waals surface area contributed by atoms with Crippen molar-refractivity contribution in [3.05, 3.63) is 39.4 Å². The van der Waals surface area contributed by atoms with E-state index < -0.39 is 0 Å². The number of hydrogen-bond acceptors (Lipinski definition) is 3. The first-order valence-electron chi connectivity index (χ1n) is 9.10. The molecule has 1 aromatic heterocycles. The molecule has 0 aliphatic heterocycles. The predicted octanol–water partition coefficient (Wildman–Crippen LogP) is 3.00. The molecule has 6 heteroatoms. The maximum absolute atomic E-state index is 12.6. The van der Waals surface area contributed by atoms with E-state index in [1.165, 1.54) is 30.3 Å². The molecule has 4 rings (SSSR count). The van der Waals surface area contributed by atoms with Crippen molar-refractivity contribution < 1.29 is 4.79 Å². The summed E-state index contributed by atoms with van der Waals surface area (Å²) in [4.78, 5) is 27.8. The van der Waals surface area contributed by atoms with Crippen LogP contribution in [0.4, 0.5) is 0 Å². The number of benzene rings is 1. The summed E-state index contributed by atoms with van der Waals surface area (Å²) >= 11 is 5.28. The quantitative estimate of drug-likeness (QED) is 0.809. The van der Waals surface area contributed by atoms with E-state index in [4.69, 9.17) is 12.2 Å². The van der Waals surface area contributed by atoms with Crippen molar-refractivity contribution in [1.82, 2.24) is 14.9 Å². The lowest BCUT2D eigenvalue weighted by atomic mass is 9.89. The molecule has 2 aromatic rings. The number of para-hydroxylation sites is 1. The molecule has 3 atom stereocenters. The average Bonchev–Trinajstić information content (AvgIpc) is 3.23. The summed E-state index contributed by atoms with van der Waals surface area (Å²) in [6.07, 6.45) is 5.59. The first-order valence-corrected chi connectivity index (χ1v) is 9.51. The minimum Gasteiger partial charge on any atom is -0.356 e. The van der Waals surface area contributed by atoms with E-state index in [-0.39, 0.29) is 17.9 Å². The molecule has 2 N–H and O–H groups in total. The number of amides is 1. The van der Waals surface area contributed by atoms with Crippen LogP contribution in [0.25, 0.3) is 10.9 Å². The van der Waals surface area contributed by atoms with Crippen LogP contribution >= 0.6 is 12.2 Å². The zero-order valence-electron chi connectivity index (χ0n) is 14.2. The van der Waals surface area contributed by atoms with Crippen LogP contribution in [-0.2, 0) is 11.3 Å². The summed E-state index contributed by atoms with van der Waals surface area (Å²) in [7, 11) is 0. The van der Waals surface area contributed by atoms with Crippen molar-refractivity contribution in [3.8, 4) is 0 Å². The smallest absolute Gasteiger partial charge is 0.262 e. The number of rotatable bonds is 5. The summed E-state index contributed by atoms with van der Waals surface area (Å²) in [5, 5.41) is 3.65. The number of aromatic nitrogens is 2. The lowest BCUT2D eigenvalue weighted by molar-refractivity contribution is -0.121. The van der Waals surface area contributed by atoms with Crippen LogP contribution in [0.3, 0.4) is 0 Å². The Morgan fingerprint density at radius 3 is 2.88 bits per heavy atom. The fourth-order valence-corrected chi connectivity index (χ4v) is 4.86. The van der Waals surface area contributed by atoms with Crippen LogP contribution < -0.4 is 10.9 Å². The summed E-state index contributed by atoms with van der Waals surface area (Å²) in [5.74, 6) is 2.34. The molecule has 2 aliphatic carbocycles. The Balaban J connectivity index is 1.38. The molecule has 0 saturated heterocycles. The summed E-state index contributed by atoms with van der Waals surface area (Å²) in [5.41, 5.74) is 0.592. The number of carbonyl (C=O) groups is 1. The van der Waals surface area contributed by atoms with E-state index in [0.717, 1.165) is 23.9 Å². The molecule has 0 radical (unpaired) electrons. The molecule has 1 amide bonds. The highest BCUT2D eigenvalue weighted by atomic mass is 32.1. The number of carbonyl (C=O) groups excluding carboxylic acids is 1. The molecule has 2 saturated carbocycles. The minimum atomic E-state index is -0.139. The van der Waals surface area contributed by atoms with Crippen molar-refractivity contribution in [2.75, 3.05) is 6.54 Å². The van der Waals surface area contributed by atoms with E-state index in [0.29, 0.717) is 22.6 Å². The maximum atomic E-state index is 12.6. The third kappa shape index (κ3) is 3.27. The molecule has 2 bridgehead atoms. The third-order valence-electron chi connectivity index (χ3n) is 5.90. The second-order valence-corrected chi connectivity index (χ2v) is 7.81. The van der Waals surface area contributed by atoms with Gasteiger partial charge in [0.25, 0.3) is 5.56 Å². The van der Waals surface area contributed by atoms with Crippen molar-refractivity contribution in [2.24, 2.45) is 17.8 Å². The van der Waals surface area contributed by atoms with Gasteiger partial charge < -0.3 is 10.3 Å². The standard InChI is InChI=1S/C19H23N3O2S/c23-17(20-11-14-10-12-5-6-13(14)9-12)7-8-22-18(24)15-3-1-2-4-16(15)21-19(22)25/h1-4,12-14H,5-11H2,(H,20,23)(H,21,25). The Morgan fingerprint density at radius 1 is 1.28 bits per heavy atom.